The summed E-state index contributed by atoms with van der Waals surface area (Å²) < 4.78 is 14.8. The van der Waals surface area contributed by atoms with Crippen molar-refractivity contribution < 1.29 is 8.39 Å². The van der Waals surface area contributed by atoms with Gasteiger partial charge >= 0.3 is 0 Å². The number of hydrogen-bond acceptors (Lipinski definition) is 3. The highest BCUT2D eigenvalue weighted by atomic mass is 32.2. The summed E-state index contributed by atoms with van der Waals surface area (Å²) in [5.74, 6) is 0.838. The third-order valence-corrected chi connectivity index (χ3v) is 1.37. The van der Waals surface area contributed by atoms with Gasteiger partial charge in [0.2, 0.25) is 11.1 Å². The van der Waals surface area contributed by atoms with Crippen molar-refractivity contribution in [3.63, 3.8) is 0 Å². The van der Waals surface area contributed by atoms with E-state index in [0.717, 1.165) is 0 Å². The Balaban J connectivity index is 2.58. The average Bonchev–Trinajstić information content (AvgIpc) is 1.87. The maximum Gasteiger partial charge on any atom is 0.230 e. The zero-order valence-electron chi connectivity index (χ0n) is 3.88. The zero-order valence-corrected chi connectivity index (χ0v) is 4.70. The van der Waals surface area contributed by atoms with E-state index in [4.69, 9.17) is 0 Å². The Morgan fingerprint density at radius 1 is 2.00 bits per heavy atom. The lowest BCUT2D eigenvalue weighted by Gasteiger charge is -1.84. The molecule has 1 unspecified atom stereocenters. The van der Waals surface area contributed by atoms with Gasteiger partial charge in [0, 0.05) is 6.92 Å². The van der Waals surface area contributed by atoms with E-state index in [0.29, 0.717) is 11.8 Å². The first-order valence-corrected chi connectivity index (χ1v) is 3.11. The molecule has 1 aliphatic heterocycles. The highest BCUT2D eigenvalue weighted by molar-refractivity contribution is 7.80. The Morgan fingerprint density at radius 2 is 2.71 bits per heavy atom. The molecule has 0 N–H and O–H groups in total. The average molecular weight is 119 g/mol. The first-order chi connectivity index (χ1) is 3.29. The number of nitrogens with zero attached hydrogens (tertiary/aromatic N) is 1. The fraction of sp³-hybridized carbons (Fsp3) is 0.667. The molecule has 0 aromatic rings. The molecule has 0 spiro atoms. The maximum atomic E-state index is 10.2. The summed E-state index contributed by atoms with van der Waals surface area (Å²) in [5.41, 5.74) is 0. The second-order valence-electron chi connectivity index (χ2n) is 1.19. The molecule has 0 saturated heterocycles. The fourth-order valence-electron chi connectivity index (χ4n) is 0.331. The van der Waals surface area contributed by atoms with Crippen LogP contribution in [0.25, 0.3) is 0 Å². The summed E-state index contributed by atoms with van der Waals surface area (Å²) in [4.78, 5) is 3.71. The molecule has 0 amide bonds. The van der Waals surface area contributed by atoms with E-state index in [1.807, 2.05) is 0 Å². The second-order valence-corrected chi connectivity index (χ2v) is 2.23. The minimum absolute atomic E-state index is 0.311. The number of hydrogen-bond donors (Lipinski definition) is 0. The van der Waals surface area contributed by atoms with Gasteiger partial charge in [-0.2, -0.15) is 0 Å². The van der Waals surface area contributed by atoms with Crippen molar-refractivity contribution in [1.82, 2.24) is 0 Å². The molecule has 0 bridgehead atoms. The lowest BCUT2D eigenvalue weighted by molar-refractivity contribution is 0.572. The van der Waals surface area contributed by atoms with Gasteiger partial charge in [-0.1, -0.05) is 0 Å². The Bertz CT molecular complexity index is 131. The second kappa shape index (κ2) is 1.61. The summed E-state index contributed by atoms with van der Waals surface area (Å²) in [5, 5.41) is 0. The SMILES string of the molecule is CC1=NCS(=O)O1. The first-order valence-electron chi connectivity index (χ1n) is 1.87. The van der Waals surface area contributed by atoms with Crippen LogP contribution < -0.4 is 0 Å². The quantitative estimate of drug-likeness (QED) is 0.452. The molecule has 3 nitrogen and oxygen atoms in total. The minimum Gasteiger partial charge on any atom is -0.384 e. The predicted octanol–water partition coefficient (Wildman–Crippen LogP) is 0.0562. The van der Waals surface area contributed by atoms with Crippen molar-refractivity contribution in [2.75, 3.05) is 5.88 Å². The third-order valence-electron chi connectivity index (χ3n) is 0.606. The van der Waals surface area contributed by atoms with Crippen LogP contribution >= 0.6 is 0 Å². The molecule has 4 heteroatoms. The van der Waals surface area contributed by atoms with Crippen molar-refractivity contribution in [3.05, 3.63) is 0 Å². The molecule has 7 heavy (non-hydrogen) atoms. The zero-order chi connectivity index (χ0) is 5.28. The highest BCUT2D eigenvalue weighted by Crippen LogP contribution is 1.97. The Labute approximate surface area is 44.1 Å². The van der Waals surface area contributed by atoms with Crippen LogP contribution in [0.1, 0.15) is 6.92 Å². The number of rotatable bonds is 0. The van der Waals surface area contributed by atoms with Crippen molar-refractivity contribution >= 4 is 17.0 Å². The van der Waals surface area contributed by atoms with Crippen LogP contribution in [0.4, 0.5) is 0 Å². The molecule has 0 aromatic heterocycles. The monoisotopic (exact) mass is 119 g/mol. The van der Waals surface area contributed by atoms with Crippen LogP contribution in [0.2, 0.25) is 0 Å². The molecule has 0 aromatic carbocycles. The molecular weight excluding hydrogens is 114 g/mol. The van der Waals surface area contributed by atoms with E-state index in [9.17, 15) is 4.21 Å². The van der Waals surface area contributed by atoms with Crippen molar-refractivity contribution in [1.29, 1.82) is 0 Å². The van der Waals surface area contributed by atoms with E-state index < -0.39 is 11.1 Å². The standard InChI is InChI=1S/C3H5NO2S/c1-3-4-2-7(5)6-3/h2H2,1H3. The first kappa shape index (κ1) is 4.77. The van der Waals surface area contributed by atoms with Gasteiger partial charge < -0.3 is 4.18 Å². The van der Waals surface area contributed by atoms with E-state index in [1.165, 1.54) is 0 Å². The summed E-state index contributed by atoms with van der Waals surface area (Å²) in [6.45, 7) is 1.69. The van der Waals surface area contributed by atoms with Crippen LogP contribution in [0, 0.1) is 0 Å². The highest BCUT2D eigenvalue weighted by Gasteiger charge is 2.07. The van der Waals surface area contributed by atoms with E-state index >= 15 is 0 Å². The molecule has 1 rings (SSSR count). The lowest BCUT2D eigenvalue weighted by atomic mass is 10.8. The van der Waals surface area contributed by atoms with Gasteiger partial charge in [-0.25, -0.2) is 9.20 Å². The topological polar surface area (TPSA) is 38.7 Å². The fourth-order valence-corrected chi connectivity index (χ4v) is 0.992. The van der Waals surface area contributed by atoms with Crippen LogP contribution in [0.15, 0.2) is 4.99 Å². The van der Waals surface area contributed by atoms with Crippen LogP contribution in [0.3, 0.4) is 0 Å². The maximum absolute atomic E-state index is 10.2. The van der Waals surface area contributed by atoms with Crippen LogP contribution in [-0.4, -0.2) is 16.0 Å². The Morgan fingerprint density at radius 3 is 2.86 bits per heavy atom. The molecule has 0 fully saturated rings. The molecule has 1 atom stereocenters. The van der Waals surface area contributed by atoms with Crippen LogP contribution in [-0.2, 0) is 15.3 Å². The summed E-state index contributed by atoms with van der Waals surface area (Å²) >= 11 is -1.16. The Kier molecular flexibility index (Phi) is 1.10. The van der Waals surface area contributed by atoms with Gasteiger partial charge in [0.15, 0.2) is 11.8 Å². The lowest BCUT2D eigenvalue weighted by Crippen LogP contribution is -1.92. The van der Waals surface area contributed by atoms with Crippen LogP contribution in [0.5, 0.6) is 0 Å². The molecule has 0 radical (unpaired) electrons. The predicted molar refractivity (Wildman–Crippen MR) is 27.2 cm³/mol. The molecule has 0 aliphatic carbocycles. The summed E-state index contributed by atoms with van der Waals surface area (Å²) in [6, 6.07) is 0. The Hall–Kier alpha value is -0.380. The van der Waals surface area contributed by atoms with E-state index in [2.05, 4.69) is 9.18 Å². The van der Waals surface area contributed by atoms with Crippen molar-refractivity contribution in [2.45, 2.75) is 6.92 Å². The largest absolute Gasteiger partial charge is 0.384 e. The summed E-state index contributed by atoms with van der Waals surface area (Å²) in [6.07, 6.45) is 0. The normalized spacial score (nSPS) is 29.3. The van der Waals surface area contributed by atoms with E-state index in [1.54, 1.807) is 6.92 Å². The molecule has 0 saturated carbocycles. The van der Waals surface area contributed by atoms with Gasteiger partial charge in [-0.05, 0) is 0 Å². The van der Waals surface area contributed by atoms with Gasteiger partial charge in [0.25, 0.3) is 0 Å². The minimum atomic E-state index is -1.16. The summed E-state index contributed by atoms with van der Waals surface area (Å²) in [7, 11) is 0. The van der Waals surface area contributed by atoms with Gasteiger partial charge in [0.1, 0.15) is 0 Å². The van der Waals surface area contributed by atoms with E-state index in [-0.39, 0.29) is 0 Å². The van der Waals surface area contributed by atoms with Gasteiger partial charge in [-0.3, -0.25) is 0 Å². The van der Waals surface area contributed by atoms with Crippen molar-refractivity contribution in [2.24, 2.45) is 4.99 Å². The van der Waals surface area contributed by atoms with Crippen molar-refractivity contribution in [3.8, 4) is 0 Å². The third kappa shape index (κ3) is 0.991. The molecule has 40 valence electrons. The molecule has 1 heterocycles. The number of aliphatic imine (C=N–C) groups is 1. The smallest absolute Gasteiger partial charge is 0.230 e. The molecule has 1 aliphatic rings. The molecular formula is C3H5NO2S. The van der Waals surface area contributed by atoms with Gasteiger partial charge in [-0.15, -0.1) is 0 Å². The van der Waals surface area contributed by atoms with Gasteiger partial charge in [0.05, 0.1) is 0 Å².